The Bertz CT molecular complexity index is 1560. The fourth-order valence-corrected chi connectivity index (χ4v) is 5.48. The van der Waals surface area contributed by atoms with Crippen LogP contribution in [0.1, 0.15) is 18.9 Å². The molecule has 0 radical (unpaired) electrons. The van der Waals surface area contributed by atoms with Crippen LogP contribution in [0.4, 0.5) is 24.1 Å². The third-order valence-electron chi connectivity index (χ3n) is 7.99. The third kappa shape index (κ3) is 6.53. The number of β-amino-alcohol motifs (C(OH)–C–C–N with tert-alkyl or cyclic N) is 1. The largest absolute Gasteiger partial charge is 0.510 e. The number of ether oxygens (including phenoxy) is 2. The van der Waals surface area contributed by atoms with Gasteiger partial charge in [-0.05, 0) is 47.7 Å². The van der Waals surface area contributed by atoms with Crippen molar-refractivity contribution in [2.45, 2.75) is 31.1 Å². The number of hydrazone groups is 1. The molecular weight excluding hydrogens is 612 g/mol. The average molecular weight is 644 g/mol. The van der Waals surface area contributed by atoms with E-state index in [2.05, 4.69) is 20.6 Å². The van der Waals surface area contributed by atoms with Crippen LogP contribution in [0.2, 0.25) is 0 Å². The number of tetrazole rings is 1. The number of rotatable bonds is 10. The fourth-order valence-electron chi connectivity index (χ4n) is 5.48. The average Bonchev–Trinajstić information content (AvgIpc) is 3.82. The van der Waals surface area contributed by atoms with Crippen molar-refractivity contribution in [3.8, 4) is 5.69 Å². The lowest BCUT2D eigenvalue weighted by Gasteiger charge is -2.41. The van der Waals surface area contributed by atoms with Gasteiger partial charge >= 0.3 is 12.2 Å². The molecule has 46 heavy (non-hydrogen) atoms. The van der Waals surface area contributed by atoms with Crippen molar-refractivity contribution < 1.29 is 42.7 Å². The molecule has 0 aliphatic carbocycles. The molecule has 3 aliphatic rings. The molecule has 244 valence electrons. The summed E-state index contributed by atoms with van der Waals surface area (Å²) in [6.45, 7) is 2.07. The van der Waals surface area contributed by atoms with E-state index in [1.165, 1.54) is 32.2 Å². The van der Waals surface area contributed by atoms with Gasteiger partial charge in [-0.2, -0.15) is 5.10 Å². The highest BCUT2D eigenvalue weighted by atomic mass is 19.1. The van der Waals surface area contributed by atoms with Crippen LogP contribution in [0.3, 0.4) is 0 Å². The van der Waals surface area contributed by atoms with Gasteiger partial charge in [0.25, 0.3) is 0 Å². The molecule has 2 fully saturated rings. The predicted octanol–water partition coefficient (Wildman–Crippen LogP) is 1.81. The van der Waals surface area contributed by atoms with E-state index in [1.807, 2.05) is 0 Å². The second-order valence-corrected chi connectivity index (χ2v) is 10.9. The maximum atomic E-state index is 15.3. The van der Waals surface area contributed by atoms with Crippen LogP contribution in [0.15, 0.2) is 53.9 Å². The quantitative estimate of drug-likeness (QED) is 0.253. The molecule has 3 aromatic rings. The summed E-state index contributed by atoms with van der Waals surface area (Å²) < 4.78 is 41.0. The minimum Gasteiger partial charge on any atom is -0.428 e. The Kier molecular flexibility index (Phi) is 8.91. The summed E-state index contributed by atoms with van der Waals surface area (Å²) in [6, 6.07) is 8.51. The van der Waals surface area contributed by atoms with Crippen molar-refractivity contribution in [2.75, 3.05) is 51.1 Å². The summed E-state index contributed by atoms with van der Waals surface area (Å²) in [6.07, 6.45) is 1.91. The van der Waals surface area contributed by atoms with Crippen molar-refractivity contribution in [2.24, 2.45) is 5.10 Å². The van der Waals surface area contributed by atoms with Crippen LogP contribution in [-0.2, 0) is 24.8 Å². The van der Waals surface area contributed by atoms with Gasteiger partial charge in [-0.1, -0.05) is 6.07 Å². The number of hydrogen-bond acceptors (Lipinski definition) is 13. The Morgan fingerprint density at radius 3 is 2.67 bits per heavy atom. The number of carbonyl (C=O) groups excluding carboxylic acids is 2. The van der Waals surface area contributed by atoms with Gasteiger partial charge in [0.2, 0.25) is 0 Å². The Labute approximate surface area is 261 Å². The molecule has 1 unspecified atom stereocenters. The van der Waals surface area contributed by atoms with Gasteiger partial charge in [0, 0.05) is 36.8 Å². The molecule has 18 heteroatoms. The van der Waals surface area contributed by atoms with E-state index < -0.39 is 41.6 Å². The molecule has 6 rings (SSSR count). The van der Waals surface area contributed by atoms with Crippen molar-refractivity contribution in [3.05, 3.63) is 66.0 Å². The van der Waals surface area contributed by atoms with Crippen molar-refractivity contribution in [1.29, 1.82) is 0 Å². The van der Waals surface area contributed by atoms with Gasteiger partial charge in [0.1, 0.15) is 49.3 Å². The fraction of sp³-hybridized carbons (Fsp3) is 0.429. The smallest absolute Gasteiger partial charge is 0.428 e. The van der Waals surface area contributed by atoms with Crippen LogP contribution >= 0.6 is 0 Å². The maximum absolute atomic E-state index is 15.3. The molecule has 2 amide bonds. The Hall–Kier alpha value is -4.94. The number of halogens is 2. The lowest BCUT2D eigenvalue weighted by Crippen LogP contribution is -2.55. The molecule has 3 atom stereocenters. The Morgan fingerprint density at radius 2 is 1.96 bits per heavy atom. The summed E-state index contributed by atoms with van der Waals surface area (Å²) in [7, 11) is 0. The molecule has 16 nitrogen and oxygen atoms in total. The third-order valence-corrected chi connectivity index (χ3v) is 7.99. The van der Waals surface area contributed by atoms with E-state index >= 15 is 4.39 Å². The van der Waals surface area contributed by atoms with Crippen LogP contribution in [0, 0.1) is 11.6 Å². The lowest BCUT2D eigenvalue weighted by molar-refractivity contribution is -0.330. The minimum atomic E-state index is -2.04. The van der Waals surface area contributed by atoms with Crippen LogP contribution in [0.25, 0.3) is 5.69 Å². The number of anilines is 1. The first-order chi connectivity index (χ1) is 22.2. The highest BCUT2D eigenvalue weighted by Crippen LogP contribution is 2.35. The maximum Gasteiger partial charge on any atom is 0.510 e. The van der Waals surface area contributed by atoms with Gasteiger partial charge < -0.3 is 24.4 Å². The van der Waals surface area contributed by atoms with E-state index in [0.717, 1.165) is 12.1 Å². The van der Waals surface area contributed by atoms with Crippen molar-refractivity contribution in [1.82, 2.24) is 35.0 Å². The monoisotopic (exact) mass is 643 g/mol. The Balaban J connectivity index is 1.14. The highest BCUT2D eigenvalue weighted by Gasteiger charge is 2.47. The topological polar surface area (TPSA) is 160 Å². The van der Waals surface area contributed by atoms with Gasteiger partial charge in [-0.3, -0.25) is 9.91 Å². The van der Waals surface area contributed by atoms with E-state index in [-0.39, 0.29) is 38.7 Å². The zero-order valence-electron chi connectivity index (χ0n) is 24.7. The molecule has 2 aromatic carbocycles. The number of benzene rings is 2. The van der Waals surface area contributed by atoms with Gasteiger partial charge in [0.15, 0.2) is 6.73 Å². The zero-order valence-corrected chi connectivity index (χ0v) is 24.7. The first kappa shape index (κ1) is 31.1. The van der Waals surface area contributed by atoms with E-state index in [9.17, 15) is 19.1 Å². The summed E-state index contributed by atoms with van der Waals surface area (Å²) in [4.78, 5) is 39.9. The number of aromatic nitrogens is 4. The molecule has 1 N–H and O–H groups in total. The van der Waals surface area contributed by atoms with Crippen LogP contribution in [-0.4, -0.2) is 117 Å². The summed E-state index contributed by atoms with van der Waals surface area (Å²) in [5, 5.41) is 29.0. The SMILES string of the molecule is C[C@@H](N1CCN(c2ccc(-n3cnnn3)cc2)C1=O)[C@](O)(CN1CN(COC(=O)OC2CCOOC2)C=N1)c1ccc(F)cc1F. The zero-order chi connectivity index (χ0) is 32.3. The number of urea groups is 1. The summed E-state index contributed by atoms with van der Waals surface area (Å²) in [5.74, 6) is -1.79. The van der Waals surface area contributed by atoms with Crippen molar-refractivity contribution in [3.63, 3.8) is 0 Å². The standard InChI is InChI=1S/C28H31F2N9O7/c1-19(37-9-10-38(26(37)40)21-3-5-22(6-4-21)39-15-31-33-34-39)28(42,24-7-2-20(29)12-25(24)30)14-36-17-35(16-32-36)18-43-27(41)46-23-8-11-44-45-13-23/h2-7,12,15-16,19,23,42H,8-11,13-14,17-18H2,1H3/t19-,23?,28-/m1/s1. The number of nitrogens with zero attached hydrogens (tertiary/aromatic N) is 9. The number of aliphatic hydroxyl groups is 1. The molecular formula is C28H31F2N9O7. The number of amides is 2. The van der Waals surface area contributed by atoms with E-state index in [4.69, 9.17) is 19.2 Å². The first-order valence-corrected chi connectivity index (χ1v) is 14.4. The summed E-state index contributed by atoms with van der Waals surface area (Å²) in [5.41, 5.74) is -0.937. The molecule has 0 saturated carbocycles. The lowest BCUT2D eigenvalue weighted by atomic mass is 9.85. The van der Waals surface area contributed by atoms with E-state index in [1.54, 1.807) is 36.1 Å². The highest BCUT2D eigenvalue weighted by molar-refractivity contribution is 5.94. The predicted molar refractivity (Wildman–Crippen MR) is 153 cm³/mol. The molecule has 2 saturated heterocycles. The molecule has 0 bridgehead atoms. The van der Waals surface area contributed by atoms with Crippen LogP contribution in [0.5, 0.6) is 0 Å². The normalized spacial score (nSPS) is 20.3. The second-order valence-electron chi connectivity index (χ2n) is 10.9. The number of hydrogen-bond donors (Lipinski definition) is 1. The summed E-state index contributed by atoms with van der Waals surface area (Å²) >= 11 is 0. The van der Waals surface area contributed by atoms with Gasteiger partial charge in [-0.25, -0.2) is 32.8 Å². The van der Waals surface area contributed by atoms with Crippen molar-refractivity contribution >= 4 is 24.2 Å². The van der Waals surface area contributed by atoms with Gasteiger partial charge in [0.05, 0.1) is 24.9 Å². The molecule has 0 spiro atoms. The molecule has 3 aliphatic heterocycles. The van der Waals surface area contributed by atoms with E-state index in [0.29, 0.717) is 37.0 Å². The first-order valence-electron chi connectivity index (χ1n) is 14.4. The minimum absolute atomic E-state index is 0.0548. The molecule has 4 heterocycles. The van der Waals surface area contributed by atoms with Gasteiger partial charge in [-0.15, -0.1) is 5.10 Å². The molecule has 1 aromatic heterocycles. The number of carbonyl (C=O) groups is 2. The second kappa shape index (κ2) is 13.2. The Morgan fingerprint density at radius 1 is 1.15 bits per heavy atom. The van der Waals surface area contributed by atoms with Crippen LogP contribution < -0.4 is 4.90 Å².